The van der Waals surface area contributed by atoms with Crippen molar-refractivity contribution in [3.8, 4) is 11.5 Å². The third-order valence-electron chi connectivity index (χ3n) is 5.73. The molecule has 0 fully saturated rings. The van der Waals surface area contributed by atoms with Crippen LogP contribution in [0, 0.1) is 0 Å². The van der Waals surface area contributed by atoms with Crippen molar-refractivity contribution in [2.45, 2.75) is 25.3 Å². The van der Waals surface area contributed by atoms with Gasteiger partial charge >= 0.3 is 4.87 Å². The van der Waals surface area contributed by atoms with E-state index in [4.69, 9.17) is 4.74 Å². The number of benzene rings is 3. The van der Waals surface area contributed by atoms with Gasteiger partial charge in [0, 0.05) is 18.7 Å². The maximum atomic E-state index is 11.7. The Kier molecular flexibility index (Phi) is 7.84. The fourth-order valence-electron chi connectivity index (χ4n) is 3.95. The van der Waals surface area contributed by atoms with Gasteiger partial charge in [0.15, 0.2) is 0 Å². The van der Waals surface area contributed by atoms with Crippen LogP contribution in [0.5, 0.6) is 11.5 Å². The topological polar surface area (TPSA) is 127 Å². The van der Waals surface area contributed by atoms with E-state index in [0.29, 0.717) is 17.7 Å². The number of aromatic amines is 1. The number of phenols is 1. The van der Waals surface area contributed by atoms with E-state index in [1.165, 1.54) is 12.1 Å². The van der Waals surface area contributed by atoms with Gasteiger partial charge in [-0.05, 0) is 53.9 Å². The summed E-state index contributed by atoms with van der Waals surface area (Å²) in [7, 11) is 1.66. The molecule has 3 aromatic carbocycles. The molecule has 8 nitrogen and oxygen atoms in total. The smallest absolute Gasteiger partial charge is 0.305 e. The number of phenolic OH excluding ortho intramolecular Hbond substituents is 1. The van der Waals surface area contributed by atoms with Crippen LogP contribution < -0.4 is 20.2 Å². The SMILES string of the molecule is COc1cccc(CNCc2cccc(CCNCC(O)(O)c3ccc(O)c4[nH]c(=O)sc34)c2)c1. The summed E-state index contributed by atoms with van der Waals surface area (Å²) in [4.78, 5) is 13.8. The molecule has 4 rings (SSSR count). The Morgan fingerprint density at radius 3 is 2.46 bits per heavy atom. The van der Waals surface area contributed by atoms with Gasteiger partial charge in [-0.1, -0.05) is 47.7 Å². The van der Waals surface area contributed by atoms with E-state index < -0.39 is 5.79 Å². The van der Waals surface area contributed by atoms with Gasteiger partial charge < -0.3 is 35.7 Å². The van der Waals surface area contributed by atoms with Gasteiger partial charge in [0.2, 0.25) is 5.79 Å². The standard InChI is InChI=1S/C26H29N3O5S/c1-34-20-7-3-6-19(13-20)15-28-14-18-5-2-4-17(12-18)10-11-27-16-26(32,33)21-8-9-22(30)23-24(21)35-25(31)29-23/h2-9,12-13,27-28,30,32-33H,10-11,14-16H2,1H3,(H,29,31). The maximum Gasteiger partial charge on any atom is 0.305 e. The molecule has 6 N–H and O–H groups in total. The van der Waals surface area contributed by atoms with Crippen LogP contribution in [0.2, 0.25) is 0 Å². The molecule has 9 heteroatoms. The van der Waals surface area contributed by atoms with Gasteiger partial charge in [-0.15, -0.1) is 0 Å². The lowest BCUT2D eigenvalue weighted by atomic mass is 10.0. The van der Waals surface area contributed by atoms with Crippen molar-refractivity contribution in [2.75, 3.05) is 20.2 Å². The van der Waals surface area contributed by atoms with Crippen LogP contribution in [-0.2, 0) is 25.3 Å². The molecule has 0 aliphatic carbocycles. The predicted octanol–water partition coefficient (Wildman–Crippen LogP) is 2.56. The first-order valence-electron chi connectivity index (χ1n) is 11.3. The number of hydrogen-bond donors (Lipinski definition) is 6. The van der Waals surface area contributed by atoms with Crippen LogP contribution in [0.4, 0.5) is 0 Å². The molecule has 4 aromatic rings. The molecular formula is C26H29N3O5S. The van der Waals surface area contributed by atoms with Crippen molar-refractivity contribution >= 4 is 21.6 Å². The molecule has 0 aliphatic rings. The monoisotopic (exact) mass is 495 g/mol. The number of rotatable bonds is 11. The molecule has 0 saturated carbocycles. The second kappa shape index (κ2) is 11.0. The number of fused-ring (bicyclic) bond motifs is 1. The van der Waals surface area contributed by atoms with Crippen LogP contribution in [0.3, 0.4) is 0 Å². The van der Waals surface area contributed by atoms with Crippen LogP contribution >= 0.6 is 11.3 Å². The van der Waals surface area contributed by atoms with Gasteiger partial charge in [0.25, 0.3) is 0 Å². The number of aliphatic hydroxyl groups is 2. The second-order valence-corrected chi connectivity index (χ2v) is 9.35. The Hall–Kier alpha value is -3.21. The minimum absolute atomic E-state index is 0.108. The van der Waals surface area contributed by atoms with Crippen molar-refractivity contribution in [1.82, 2.24) is 15.6 Å². The Morgan fingerprint density at radius 2 is 1.69 bits per heavy atom. The Labute approximate surface area is 206 Å². The van der Waals surface area contributed by atoms with Gasteiger partial charge in [-0.25, -0.2) is 0 Å². The maximum absolute atomic E-state index is 11.7. The second-order valence-electron chi connectivity index (χ2n) is 8.37. The average molecular weight is 496 g/mol. The van der Waals surface area contributed by atoms with Crippen LogP contribution in [0.1, 0.15) is 22.3 Å². The van der Waals surface area contributed by atoms with Crippen LogP contribution in [-0.4, -0.2) is 40.5 Å². The van der Waals surface area contributed by atoms with Crippen molar-refractivity contribution in [2.24, 2.45) is 0 Å². The van der Waals surface area contributed by atoms with Gasteiger partial charge in [-0.2, -0.15) is 0 Å². The summed E-state index contributed by atoms with van der Waals surface area (Å²) in [6.07, 6.45) is 0.711. The number of thiazole rings is 1. The lowest BCUT2D eigenvalue weighted by Crippen LogP contribution is -2.38. The molecule has 0 amide bonds. The molecule has 0 atom stereocenters. The molecule has 35 heavy (non-hydrogen) atoms. The highest BCUT2D eigenvalue weighted by molar-refractivity contribution is 7.16. The molecule has 0 aliphatic heterocycles. The molecule has 0 spiro atoms. The molecule has 1 aromatic heterocycles. The first kappa shape index (κ1) is 24.9. The number of nitrogens with one attached hydrogen (secondary N) is 3. The number of ether oxygens (including phenoxy) is 1. The van der Waals surface area contributed by atoms with E-state index >= 15 is 0 Å². The molecule has 0 unspecified atom stereocenters. The highest BCUT2D eigenvalue weighted by atomic mass is 32.1. The molecule has 0 radical (unpaired) electrons. The summed E-state index contributed by atoms with van der Waals surface area (Å²) in [5.41, 5.74) is 3.83. The number of H-pyrrole nitrogens is 1. The van der Waals surface area contributed by atoms with E-state index in [1.54, 1.807) is 7.11 Å². The first-order chi connectivity index (χ1) is 16.9. The highest BCUT2D eigenvalue weighted by Gasteiger charge is 2.29. The number of aromatic hydroxyl groups is 1. The highest BCUT2D eigenvalue weighted by Crippen LogP contribution is 2.32. The molecule has 0 saturated heterocycles. The predicted molar refractivity (Wildman–Crippen MR) is 137 cm³/mol. The summed E-state index contributed by atoms with van der Waals surface area (Å²) in [6, 6.07) is 19.0. The number of hydrogen-bond acceptors (Lipinski definition) is 8. The Balaban J connectivity index is 1.28. The summed E-state index contributed by atoms with van der Waals surface area (Å²) < 4.78 is 5.59. The number of methoxy groups -OCH3 is 1. The van der Waals surface area contributed by atoms with Crippen molar-refractivity contribution in [3.05, 3.63) is 92.6 Å². The minimum atomic E-state index is -2.19. The molecule has 0 bridgehead atoms. The van der Waals surface area contributed by atoms with E-state index in [-0.39, 0.29) is 28.2 Å². The fraction of sp³-hybridized carbons (Fsp3) is 0.269. The largest absolute Gasteiger partial charge is 0.506 e. The zero-order chi connectivity index (χ0) is 24.8. The zero-order valence-electron chi connectivity index (χ0n) is 19.4. The van der Waals surface area contributed by atoms with Crippen molar-refractivity contribution in [3.63, 3.8) is 0 Å². The molecular weight excluding hydrogens is 466 g/mol. The minimum Gasteiger partial charge on any atom is -0.506 e. The van der Waals surface area contributed by atoms with E-state index in [0.717, 1.165) is 46.9 Å². The quantitative estimate of drug-likeness (QED) is 0.139. The fourth-order valence-corrected chi connectivity index (χ4v) is 4.89. The van der Waals surface area contributed by atoms with Crippen molar-refractivity contribution in [1.29, 1.82) is 0 Å². The summed E-state index contributed by atoms with van der Waals surface area (Å²) in [5.74, 6) is -1.46. The van der Waals surface area contributed by atoms with Gasteiger partial charge in [0.05, 0.1) is 18.4 Å². The summed E-state index contributed by atoms with van der Waals surface area (Å²) in [5, 5.41) is 37.7. The molecule has 184 valence electrons. The lowest BCUT2D eigenvalue weighted by molar-refractivity contribution is -0.164. The first-order valence-corrected chi connectivity index (χ1v) is 12.1. The van der Waals surface area contributed by atoms with Crippen LogP contribution in [0.25, 0.3) is 10.2 Å². The Morgan fingerprint density at radius 1 is 0.971 bits per heavy atom. The average Bonchev–Trinajstić information content (AvgIpc) is 3.24. The third-order valence-corrected chi connectivity index (χ3v) is 6.65. The van der Waals surface area contributed by atoms with E-state index in [2.05, 4.69) is 33.8 Å². The zero-order valence-corrected chi connectivity index (χ0v) is 20.2. The molecule has 1 heterocycles. The Bertz CT molecular complexity index is 1350. The summed E-state index contributed by atoms with van der Waals surface area (Å²) in [6.45, 7) is 1.87. The summed E-state index contributed by atoms with van der Waals surface area (Å²) >= 11 is 0.833. The van der Waals surface area contributed by atoms with E-state index in [9.17, 15) is 20.1 Å². The van der Waals surface area contributed by atoms with Gasteiger partial charge in [-0.3, -0.25) is 4.79 Å². The third kappa shape index (κ3) is 6.27. The number of aromatic nitrogens is 1. The van der Waals surface area contributed by atoms with Gasteiger partial charge in [0.1, 0.15) is 17.0 Å². The van der Waals surface area contributed by atoms with E-state index in [1.807, 2.05) is 30.3 Å². The van der Waals surface area contributed by atoms with Crippen molar-refractivity contribution < 1.29 is 20.1 Å². The lowest BCUT2D eigenvalue weighted by Gasteiger charge is -2.23. The normalized spacial score (nSPS) is 11.7. The van der Waals surface area contributed by atoms with Crippen LogP contribution in [0.15, 0.2) is 65.5 Å².